The summed E-state index contributed by atoms with van der Waals surface area (Å²) in [5, 5.41) is 18.9. The topological polar surface area (TPSA) is 156 Å². The number of carboxylic acid groups (broad SMARTS) is 1. The van der Waals surface area contributed by atoms with Crippen LogP contribution in [0.2, 0.25) is 5.02 Å². The Morgan fingerprint density at radius 2 is 1.83 bits per heavy atom. The Labute approximate surface area is 279 Å². The molecular formula is C33H41ClFN5O6S. The van der Waals surface area contributed by atoms with Gasteiger partial charge < -0.3 is 25.6 Å². The van der Waals surface area contributed by atoms with Crippen LogP contribution >= 0.6 is 22.4 Å². The number of amides is 2. The standard InChI is InChI=1S/C33H41ClFN5O6S/c1-20(2)39-18-22(10-15-29(39)41)30(21-8-11-23(34)12-9-21)31(38-33(43)44)32(42)37-28-7-3-6-27(35)26(28)14-13-25-17-36-24-5-4-16-47(45,46)40(25)19-24/h3,6-12,15,18,20,24-25,30-31,36,38,45-46H,4-5,13-14,16-17,19H2,1-2H3,(H,37,42)(H,43,44)/t24?,25?,30-,31-/m0/s1. The van der Waals surface area contributed by atoms with Crippen molar-refractivity contribution >= 4 is 40.1 Å². The van der Waals surface area contributed by atoms with E-state index in [4.69, 9.17) is 11.6 Å². The predicted molar refractivity (Wildman–Crippen MR) is 182 cm³/mol. The summed E-state index contributed by atoms with van der Waals surface area (Å²) in [4.78, 5) is 38.8. The number of rotatable bonds is 10. The van der Waals surface area contributed by atoms with E-state index in [1.807, 2.05) is 13.8 Å². The molecule has 2 fully saturated rings. The van der Waals surface area contributed by atoms with Crippen LogP contribution < -0.4 is 21.5 Å². The summed E-state index contributed by atoms with van der Waals surface area (Å²) < 4.78 is 40.3. The van der Waals surface area contributed by atoms with Crippen molar-refractivity contribution in [3.05, 3.63) is 98.7 Å². The van der Waals surface area contributed by atoms with Crippen LogP contribution in [0.5, 0.6) is 0 Å². The first kappa shape index (κ1) is 34.9. The largest absolute Gasteiger partial charge is 0.465 e. The van der Waals surface area contributed by atoms with Crippen molar-refractivity contribution < 1.29 is 28.2 Å². The molecule has 1 aromatic heterocycles. The normalized spacial score (nSPS) is 22.5. The number of fused-ring (bicyclic) bond motifs is 2. The zero-order valence-corrected chi connectivity index (χ0v) is 27.8. The lowest BCUT2D eigenvalue weighted by atomic mass is 9.85. The quantitative estimate of drug-likeness (QED) is 0.159. The van der Waals surface area contributed by atoms with E-state index in [9.17, 15) is 28.6 Å². The van der Waals surface area contributed by atoms with Crippen LogP contribution in [-0.2, 0) is 11.2 Å². The van der Waals surface area contributed by atoms with Gasteiger partial charge in [0.1, 0.15) is 11.9 Å². The Kier molecular flexibility index (Phi) is 10.9. The molecule has 0 saturated carbocycles. The number of anilines is 1. The summed E-state index contributed by atoms with van der Waals surface area (Å²) in [7, 11) is -2.95. The van der Waals surface area contributed by atoms with Crippen molar-refractivity contribution in [1.29, 1.82) is 0 Å². The van der Waals surface area contributed by atoms with Gasteiger partial charge in [-0.05, 0) is 74.9 Å². The summed E-state index contributed by atoms with van der Waals surface area (Å²) in [5.74, 6) is -1.87. The molecule has 5 atom stereocenters. The molecule has 2 bridgehead atoms. The molecule has 2 saturated heterocycles. The monoisotopic (exact) mass is 689 g/mol. The van der Waals surface area contributed by atoms with Crippen molar-refractivity contribution in [1.82, 2.24) is 19.5 Å². The highest BCUT2D eigenvalue weighted by atomic mass is 35.5. The molecule has 0 spiro atoms. The van der Waals surface area contributed by atoms with Crippen LogP contribution in [-0.4, -0.2) is 72.1 Å². The third-order valence-corrected chi connectivity index (χ3v) is 11.2. The van der Waals surface area contributed by atoms with Crippen LogP contribution in [0.1, 0.15) is 61.8 Å². The highest BCUT2D eigenvalue weighted by Gasteiger charge is 2.38. The third-order valence-electron chi connectivity index (χ3n) is 8.90. The Morgan fingerprint density at radius 3 is 2.53 bits per heavy atom. The van der Waals surface area contributed by atoms with Gasteiger partial charge in [-0.2, -0.15) is 0 Å². The average Bonchev–Trinajstić information content (AvgIpc) is 3.13. The number of pyridine rings is 1. The second kappa shape index (κ2) is 14.8. The smallest absolute Gasteiger partial charge is 0.405 e. The van der Waals surface area contributed by atoms with Crippen LogP contribution in [0.4, 0.5) is 14.9 Å². The van der Waals surface area contributed by atoms with Crippen molar-refractivity contribution in [2.24, 2.45) is 0 Å². The minimum Gasteiger partial charge on any atom is -0.465 e. The first-order valence-corrected chi connectivity index (χ1v) is 17.7. The molecule has 0 aliphatic carbocycles. The number of nitrogens with one attached hydrogen (secondary N) is 3. The second-order valence-corrected chi connectivity index (χ2v) is 15.0. The molecule has 2 aromatic carbocycles. The zero-order valence-electron chi connectivity index (χ0n) is 26.2. The van der Waals surface area contributed by atoms with Crippen LogP contribution in [0.3, 0.4) is 0 Å². The molecular weight excluding hydrogens is 649 g/mol. The lowest BCUT2D eigenvalue weighted by Gasteiger charge is -2.49. The van der Waals surface area contributed by atoms with Gasteiger partial charge in [-0.25, -0.2) is 13.5 Å². The zero-order chi connectivity index (χ0) is 33.9. The van der Waals surface area contributed by atoms with E-state index in [0.29, 0.717) is 47.8 Å². The Bertz CT molecular complexity index is 1660. The summed E-state index contributed by atoms with van der Waals surface area (Å²) in [6.45, 7) is 4.68. The molecule has 11 nitrogen and oxygen atoms in total. The number of nitrogens with zero attached hydrogens (tertiary/aromatic N) is 2. The van der Waals surface area contributed by atoms with Crippen LogP contribution in [0.15, 0.2) is 65.6 Å². The van der Waals surface area contributed by atoms with Gasteiger partial charge >= 0.3 is 6.09 Å². The molecule has 5 rings (SSSR count). The van der Waals surface area contributed by atoms with Crippen LogP contribution in [0, 0.1) is 5.82 Å². The van der Waals surface area contributed by atoms with E-state index in [1.165, 1.54) is 22.8 Å². The van der Waals surface area contributed by atoms with Gasteiger partial charge in [0.05, 0.1) is 5.75 Å². The number of carbonyl (C=O) groups excluding carboxylic acids is 1. The molecule has 3 unspecified atom stereocenters. The highest BCUT2D eigenvalue weighted by Crippen LogP contribution is 2.49. The Hall–Kier alpha value is -3.46. The number of halogens is 2. The molecule has 2 aliphatic rings. The molecule has 3 aromatic rings. The van der Waals surface area contributed by atoms with Gasteiger partial charge in [-0.15, -0.1) is 10.8 Å². The van der Waals surface area contributed by atoms with Crippen molar-refractivity contribution in [3.8, 4) is 0 Å². The minimum atomic E-state index is -2.95. The fraction of sp³-hybridized carbons (Fsp3) is 0.424. The van der Waals surface area contributed by atoms with Crippen molar-refractivity contribution in [3.63, 3.8) is 0 Å². The average molecular weight is 690 g/mol. The summed E-state index contributed by atoms with van der Waals surface area (Å²) in [6.07, 6.45) is 2.29. The molecule has 254 valence electrons. The third kappa shape index (κ3) is 8.16. The first-order valence-electron chi connectivity index (χ1n) is 15.7. The Morgan fingerprint density at radius 1 is 1.11 bits per heavy atom. The summed E-state index contributed by atoms with van der Waals surface area (Å²) in [6, 6.07) is 12.2. The minimum absolute atomic E-state index is 0.162. The maximum Gasteiger partial charge on any atom is 0.405 e. The molecule has 3 heterocycles. The molecule has 14 heteroatoms. The van der Waals surface area contributed by atoms with E-state index in [1.54, 1.807) is 46.9 Å². The summed E-state index contributed by atoms with van der Waals surface area (Å²) in [5.41, 5.74) is 1.23. The molecule has 0 radical (unpaired) electrons. The highest BCUT2D eigenvalue weighted by molar-refractivity contribution is 8.22. The maximum absolute atomic E-state index is 15.4. The molecule has 6 N–H and O–H groups in total. The van der Waals surface area contributed by atoms with E-state index in [0.717, 1.165) is 6.42 Å². The van der Waals surface area contributed by atoms with Gasteiger partial charge in [-0.1, -0.05) is 35.9 Å². The lowest BCUT2D eigenvalue weighted by Crippen LogP contribution is -2.55. The fourth-order valence-corrected chi connectivity index (χ4v) is 8.50. The molecule has 2 amide bonds. The second-order valence-electron chi connectivity index (χ2n) is 12.4. The SMILES string of the molecule is CC(C)n1cc([C@H](c2ccc(Cl)cc2)[C@H](NC(=O)O)C(=O)Nc2cccc(F)c2CCC2CNC3CCCS(O)(O)N2C3)ccc1=O. The van der Waals surface area contributed by atoms with Crippen molar-refractivity contribution in [2.45, 2.75) is 69.6 Å². The number of aromatic nitrogens is 1. The van der Waals surface area contributed by atoms with Crippen molar-refractivity contribution in [2.75, 3.05) is 24.2 Å². The maximum atomic E-state index is 15.4. The number of carbonyl (C=O) groups is 2. The van der Waals surface area contributed by atoms with Crippen LogP contribution in [0.25, 0.3) is 0 Å². The van der Waals surface area contributed by atoms with E-state index in [-0.39, 0.29) is 41.4 Å². The molecule has 47 heavy (non-hydrogen) atoms. The number of benzene rings is 2. The fourth-order valence-electron chi connectivity index (χ4n) is 6.51. The van der Waals surface area contributed by atoms with Gasteiger partial charge in [-0.3, -0.25) is 18.7 Å². The van der Waals surface area contributed by atoms with E-state index >= 15 is 4.39 Å². The number of piperazine rings is 1. The predicted octanol–water partition coefficient (Wildman–Crippen LogP) is 5.66. The lowest BCUT2D eigenvalue weighted by molar-refractivity contribution is -0.118. The number of hydrogen-bond donors (Lipinski definition) is 6. The molecule has 2 aliphatic heterocycles. The Balaban J connectivity index is 1.46. The van der Waals surface area contributed by atoms with Gasteiger partial charge in [0.2, 0.25) is 5.91 Å². The van der Waals surface area contributed by atoms with Gasteiger partial charge in [0, 0.05) is 65.7 Å². The van der Waals surface area contributed by atoms with E-state index < -0.39 is 40.6 Å². The number of hydrogen-bond acceptors (Lipinski definition) is 7. The summed E-state index contributed by atoms with van der Waals surface area (Å²) >= 11 is 6.15. The van der Waals surface area contributed by atoms with E-state index in [2.05, 4.69) is 16.0 Å². The van der Waals surface area contributed by atoms with Gasteiger partial charge in [0.15, 0.2) is 0 Å². The first-order chi connectivity index (χ1) is 22.3. The van der Waals surface area contributed by atoms with Gasteiger partial charge in [0.25, 0.3) is 5.56 Å².